The summed E-state index contributed by atoms with van der Waals surface area (Å²) in [5.41, 5.74) is -1.32. The van der Waals surface area contributed by atoms with Crippen molar-refractivity contribution >= 4 is 28.9 Å². The molecule has 0 aliphatic heterocycles. The lowest BCUT2D eigenvalue weighted by atomic mass is 10.1. The number of carboxylic acid groups (broad SMARTS) is 1. The van der Waals surface area contributed by atoms with E-state index in [1.807, 2.05) is 20.8 Å². The molecule has 0 bridgehead atoms. The van der Waals surface area contributed by atoms with Crippen molar-refractivity contribution in [3.8, 4) is 0 Å². The van der Waals surface area contributed by atoms with E-state index in [2.05, 4.69) is 10.0 Å². The van der Waals surface area contributed by atoms with Gasteiger partial charge < -0.3 is 15.0 Å². The number of hydrogen-bond acceptors (Lipinski definition) is 4. The van der Waals surface area contributed by atoms with E-state index in [4.69, 9.17) is 5.11 Å². The van der Waals surface area contributed by atoms with Gasteiger partial charge in [-0.2, -0.15) is 0 Å². The first-order chi connectivity index (χ1) is 12.5. The summed E-state index contributed by atoms with van der Waals surface area (Å²) in [5.74, 6) is -4.12. The standard InChI is InChI=1S/C18H18F2N2O4S/c1-18(2,3)21-16(23)10-4-6-11(7-5-10)27(26)22-15-9-13(19)12(17(24)25)8-14(15)20/h4-9,22H,1-3H3,(H,21,23)(H,24,25). The van der Waals surface area contributed by atoms with Gasteiger partial charge in [0.25, 0.3) is 5.91 Å². The zero-order valence-corrected chi connectivity index (χ0v) is 15.6. The third-order valence-corrected chi connectivity index (χ3v) is 4.41. The number of benzene rings is 2. The van der Waals surface area contributed by atoms with Gasteiger partial charge in [-0.1, -0.05) is 0 Å². The molecule has 2 aromatic carbocycles. The lowest BCUT2D eigenvalue weighted by Gasteiger charge is -2.20. The quantitative estimate of drug-likeness (QED) is 0.673. The fourth-order valence-electron chi connectivity index (χ4n) is 2.09. The van der Waals surface area contributed by atoms with Gasteiger partial charge in [0.1, 0.15) is 22.9 Å². The molecular weight excluding hydrogens is 378 g/mol. The molecule has 3 N–H and O–H groups in total. The molecule has 0 saturated carbocycles. The summed E-state index contributed by atoms with van der Waals surface area (Å²) >= 11 is -1.95. The van der Waals surface area contributed by atoms with E-state index in [1.165, 1.54) is 24.3 Å². The second kappa shape index (κ2) is 7.93. The summed E-state index contributed by atoms with van der Waals surface area (Å²) in [6.07, 6.45) is 0. The van der Waals surface area contributed by atoms with Gasteiger partial charge in [-0.05, 0) is 51.1 Å². The number of carboxylic acids is 1. The minimum Gasteiger partial charge on any atom is -0.588 e. The van der Waals surface area contributed by atoms with Crippen molar-refractivity contribution in [1.82, 2.24) is 5.32 Å². The first kappa shape index (κ1) is 20.7. The number of carbonyl (C=O) groups is 2. The summed E-state index contributed by atoms with van der Waals surface area (Å²) < 4.78 is 42.2. The zero-order chi connectivity index (χ0) is 20.4. The smallest absolute Gasteiger partial charge is 0.338 e. The van der Waals surface area contributed by atoms with Crippen LogP contribution < -0.4 is 10.0 Å². The number of amides is 1. The average molecular weight is 396 g/mol. The van der Waals surface area contributed by atoms with Crippen LogP contribution in [0.4, 0.5) is 14.5 Å². The van der Waals surface area contributed by atoms with Crippen LogP contribution in [0, 0.1) is 11.6 Å². The number of aromatic carboxylic acids is 1. The highest BCUT2D eigenvalue weighted by Gasteiger charge is 2.20. The average Bonchev–Trinajstić information content (AvgIpc) is 2.56. The molecule has 0 aliphatic rings. The summed E-state index contributed by atoms with van der Waals surface area (Å²) in [5, 5.41) is 11.5. The molecule has 2 rings (SSSR count). The maximum absolute atomic E-state index is 13.9. The first-order valence-electron chi connectivity index (χ1n) is 7.81. The summed E-state index contributed by atoms with van der Waals surface area (Å²) in [6.45, 7) is 5.50. The van der Waals surface area contributed by atoms with Crippen molar-refractivity contribution in [1.29, 1.82) is 0 Å². The molecule has 0 aliphatic carbocycles. The van der Waals surface area contributed by atoms with Crippen LogP contribution in [0.5, 0.6) is 0 Å². The lowest BCUT2D eigenvalue weighted by Crippen LogP contribution is -2.40. The van der Waals surface area contributed by atoms with Crippen molar-refractivity contribution in [2.75, 3.05) is 4.72 Å². The minimum absolute atomic E-state index is 0.226. The molecule has 6 nitrogen and oxygen atoms in total. The van der Waals surface area contributed by atoms with Gasteiger partial charge >= 0.3 is 5.97 Å². The topological polar surface area (TPSA) is 101 Å². The van der Waals surface area contributed by atoms with Crippen LogP contribution in [0.1, 0.15) is 41.5 Å². The Morgan fingerprint density at radius 1 is 1.07 bits per heavy atom. The van der Waals surface area contributed by atoms with Crippen LogP contribution >= 0.6 is 0 Å². The highest BCUT2D eigenvalue weighted by molar-refractivity contribution is 7.92. The normalized spacial score (nSPS) is 12.4. The number of hydrogen-bond donors (Lipinski definition) is 3. The number of nitrogens with one attached hydrogen (secondary N) is 2. The van der Waals surface area contributed by atoms with Crippen LogP contribution in [0.3, 0.4) is 0 Å². The monoisotopic (exact) mass is 396 g/mol. The molecule has 0 heterocycles. The second-order valence-corrected chi connectivity index (χ2v) is 7.93. The van der Waals surface area contributed by atoms with Gasteiger partial charge in [-0.25, -0.2) is 18.3 Å². The molecule has 1 amide bonds. The van der Waals surface area contributed by atoms with Crippen molar-refractivity contribution < 1.29 is 28.0 Å². The van der Waals surface area contributed by atoms with Crippen LogP contribution in [-0.2, 0) is 11.4 Å². The predicted octanol–water partition coefficient (Wildman–Crippen LogP) is 3.33. The van der Waals surface area contributed by atoms with E-state index >= 15 is 0 Å². The highest BCUT2D eigenvalue weighted by atomic mass is 32.2. The van der Waals surface area contributed by atoms with Gasteiger partial charge in [-0.3, -0.25) is 4.79 Å². The molecule has 0 fully saturated rings. The van der Waals surface area contributed by atoms with Gasteiger partial charge in [0.15, 0.2) is 10.7 Å². The third kappa shape index (κ3) is 5.41. The van der Waals surface area contributed by atoms with Crippen molar-refractivity contribution in [2.24, 2.45) is 0 Å². The van der Waals surface area contributed by atoms with Gasteiger partial charge in [0.05, 0.1) is 5.56 Å². The van der Waals surface area contributed by atoms with Crippen molar-refractivity contribution in [2.45, 2.75) is 31.2 Å². The van der Waals surface area contributed by atoms with Crippen molar-refractivity contribution in [3.63, 3.8) is 0 Å². The maximum atomic E-state index is 13.9. The van der Waals surface area contributed by atoms with Gasteiger partial charge in [0, 0.05) is 17.2 Å². The van der Waals surface area contributed by atoms with E-state index in [1.54, 1.807) is 0 Å². The SMILES string of the molecule is CC(C)(C)NC(=O)c1ccc([S+]([O-])Nc2cc(F)c(C(=O)O)cc2F)cc1. The largest absolute Gasteiger partial charge is 0.588 e. The summed E-state index contributed by atoms with van der Waals surface area (Å²) in [4.78, 5) is 23.1. The molecule has 0 saturated heterocycles. The van der Waals surface area contributed by atoms with E-state index in [0.717, 1.165) is 0 Å². The Balaban J connectivity index is 2.15. The second-order valence-electron chi connectivity index (χ2n) is 6.72. The van der Waals surface area contributed by atoms with Crippen LogP contribution in [-0.4, -0.2) is 27.1 Å². The molecule has 1 unspecified atom stereocenters. The Morgan fingerprint density at radius 2 is 1.67 bits per heavy atom. The first-order valence-corrected chi connectivity index (χ1v) is 8.96. The Bertz CT molecular complexity index is 867. The van der Waals surface area contributed by atoms with Crippen LogP contribution in [0.25, 0.3) is 0 Å². The fourth-order valence-corrected chi connectivity index (χ4v) is 2.95. The van der Waals surface area contributed by atoms with Crippen molar-refractivity contribution in [3.05, 3.63) is 59.2 Å². The minimum atomic E-state index is -1.95. The molecule has 9 heteroatoms. The highest BCUT2D eigenvalue weighted by Crippen LogP contribution is 2.23. The molecular formula is C18H18F2N2O4S. The van der Waals surface area contributed by atoms with Crippen LogP contribution in [0.2, 0.25) is 0 Å². The molecule has 2 aromatic rings. The van der Waals surface area contributed by atoms with E-state index in [-0.39, 0.29) is 10.8 Å². The summed E-state index contributed by atoms with van der Waals surface area (Å²) in [7, 11) is 0. The van der Waals surface area contributed by atoms with E-state index < -0.39 is 45.8 Å². The number of anilines is 1. The Morgan fingerprint density at radius 3 is 2.19 bits per heavy atom. The van der Waals surface area contributed by atoms with Gasteiger partial charge in [-0.15, -0.1) is 0 Å². The summed E-state index contributed by atoms with van der Waals surface area (Å²) in [6, 6.07) is 6.89. The van der Waals surface area contributed by atoms with E-state index in [0.29, 0.717) is 17.7 Å². The molecule has 144 valence electrons. The fraction of sp³-hybridized carbons (Fsp3) is 0.222. The Hall–Kier alpha value is -2.65. The number of carbonyl (C=O) groups excluding carboxylic acids is 1. The maximum Gasteiger partial charge on any atom is 0.338 e. The molecule has 0 spiro atoms. The van der Waals surface area contributed by atoms with Crippen LogP contribution in [0.15, 0.2) is 41.3 Å². The number of halogens is 2. The Kier molecular flexibility index (Phi) is 6.07. The molecule has 1 atom stereocenters. The predicted molar refractivity (Wildman–Crippen MR) is 97.0 cm³/mol. The molecule has 27 heavy (non-hydrogen) atoms. The number of rotatable bonds is 5. The zero-order valence-electron chi connectivity index (χ0n) is 14.8. The molecule has 0 radical (unpaired) electrons. The molecule has 0 aromatic heterocycles. The Labute approximate surface area is 157 Å². The third-order valence-electron chi connectivity index (χ3n) is 3.31. The van der Waals surface area contributed by atoms with Gasteiger partial charge in [0.2, 0.25) is 0 Å². The lowest BCUT2D eigenvalue weighted by molar-refractivity contribution is 0.0691. The van der Waals surface area contributed by atoms with E-state index in [9.17, 15) is 22.9 Å².